The topological polar surface area (TPSA) is 36.7 Å². The molecule has 2 aliphatic rings. The molecule has 0 aromatic carbocycles. The van der Waals surface area contributed by atoms with E-state index in [1.807, 2.05) is 13.0 Å². The Morgan fingerprint density at radius 2 is 2.00 bits per heavy atom. The van der Waals surface area contributed by atoms with Gasteiger partial charge in [-0.2, -0.15) is 0 Å². The predicted molar refractivity (Wildman–Crippen MR) is 101 cm³/mol. The number of piperidine rings is 1. The molecule has 0 aliphatic carbocycles. The average Bonchev–Trinajstić information content (AvgIpc) is 2.93. The summed E-state index contributed by atoms with van der Waals surface area (Å²) >= 11 is 0. The molecule has 2 fully saturated rings. The summed E-state index contributed by atoms with van der Waals surface area (Å²) in [6, 6.07) is 1.96. The first-order valence-corrected chi connectivity index (χ1v) is 9.78. The van der Waals surface area contributed by atoms with Crippen LogP contribution < -0.4 is 0 Å². The molecule has 4 nitrogen and oxygen atoms in total. The summed E-state index contributed by atoms with van der Waals surface area (Å²) in [5.74, 6) is 2.47. The van der Waals surface area contributed by atoms with Crippen LogP contribution in [-0.4, -0.2) is 47.4 Å². The number of aryl methyl sites for hydroxylation is 1. The SMILES string of the molecule is Cc1oc(C(C)(C)C)cc1C(=O)N1CCC[C@@]2(CCN2CC(C)C)C1. The summed E-state index contributed by atoms with van der Waals surface area (Å²) in [5, 5.41) is 0. The number of nitrogens with zero attached hydrogens (tertiary/aromatic N) is 2. The van der Waals surface area contributed by atoms with Crippen LogP contribution in [0.5, 0.6) is 0 Å². The highest BCUT2D eigenvalue weighted by molar-refractivity contribution is 5.95. The van der Waals surface area contributed by atoms with E-state index < -0.39 is 0 Å². The summed E-state index contributed by atoms with van der Waals surface area (Å²) in [6.45, 7) is 16.9. The quantitative estimate of drug-likeness (QED) is 0.822. The van der Waals surface area contributed by atoms with E-state index in [1.165, 1.54) is 19.4 Å². The van der Waals surface area contributed by atoms with Crippen molar-refractivity contribution in [2.24, 2.45) is 5.92 Å². The van der Waals surface area contributed by atoms with Gasteiger partial charge in [0.2, 0.25) is 0 Å². The molecule has 25 heavy (non-hydrogen) atoms. The third kappa shape index (κ3) is 3.51. The second-order valence-electron chi connectivity index (χ2n) is 9.47. The number of likely N-dealkylation sites (tertiary alicyclic amines) is 2. The van der Waals surface area contributed by atoms with Gasteiger partial charge in [-0.15, -0.1) is 0 Å². The van der Waals surface area contributed by atoms with Crippen LogP contribution in [0.15, 0.2) is 10.5 Å². The van der Waals surface area contributed by atoms with Gasteiger partial charge in [-0.3, -0.25) is 9.69 Å². The van der Waals surface area contributed by atoms with Crippen molar-refractivity contribution < 1.29 is 9.21 Å². The summed E-state index contributed by atoms with van der Waals surface area (Å²) in [6.07, 6.45) is 3.55. The van der Waals surface area contributed by atoms with Gasteiger partial charge in [0.05, 0.1) is 5.56 Å². The lowest BCUT2D eigenvalue weighted by molar-refractivity contribution is -0.0648. The Balaban J connectivity index is 1.76. The highest BCUT2D eigenvalue weighted by atomic mass is 16.3. The van der Waals surface area contributed by atoms with Crippen molar-refractivity contribution in [3.8, 4) is 0 Å². The lowest BCUT2D eigenvalue weighted by atomic mass is 9.77. The zero-order valence-electron chi connectivity index (χ0n) is 16.8. The first-order valence-electron chi connectivity index (χ1n) is 9.78. The smallest absolute Gasteiger partial charge is 0.257 e. The Kier molecular flexibility index (Phi) is 4.78. The van der Waals surface area contributed by atoms with Crippen molar-refractivity contribution in [2.75, 3.05) is 26.2 Å². The fourth-order valence-electron chi connectivity index (χ4n) is 4.29. The van der Waals surface area contributed by atoms with Gasteiger partial charge in [0, 0.05) is 37.1 Å². The maximum atomic E-state index is 13.2. The second-order valence-corrected chi connectivity index (χ2v) is 9.47. The van der Waals surface area contributed by atoms with Crippen LogP contribution in [0.1, 0.15) is 75.8 Å². The minimum atomic E-state index is -0.0750. The van der Waals surface area contributed by atoms with Crippen LogP contribution in [0.3, 0.4) is 0 Å². The summed E-state index contributed by atoms with van der Waals surface area (Å²) in [4.78, 5) is 17.8. The van der Waals surface area contributed by atoms with Crippen LogP contribution >= 0.6 is 0 Å². The van der Waals surface area contributed by atoms with E-state index in [1.54, 1.807) is 0 Å². The van der Waals surface area contributed by atoms with E-state index in [-0.39, 0.29) is 16.9 Å². The molecule has 3 rings (SSSR count). The van der Waals surface area contributed by atoms with Gasteiger partial charge in [0.1, 0.15) is 11.5 Å². The van der Waals surface area contributed by atoms with Crippen LogP contribution in [0.25, 0.3) is 0 Å². The molecule has 4 heteroatoms. The molecule has 3 heterocycles. The molecule has 140 valence electrons. The van der Waals surface area contributed by atoms with Crippen LogP contribution in [0.4, 0.5) is 0 Å². The number of furan rings is 1. The lowest BCUT2D eigenvalue weighted by Crippen LogP contribution is -2.67. The Morgan fingerprint density at radius 1 is 1.28 bits per heavy atom. The molecule has 1 aromatic rings. The summed E-state index contributed by atoms with van der Waals surface area (Å²) in [5.41, 5.74) is 0.897. The molecule has 1 spiro atoms. The molecule has 1 atom stereocenters. The summed E-state index contributed by atoms with van der Waals surface area (Å²) < 4.78 is 5.90. The Labute approximate surface area is 152 Å². The van der Waals surface area contributed by atoms with Gasteiger partial charge < -0.3 is 9.32 Å². The number of hydrogen-bond acceptors (Lipinski definition) is 3. The van der Waals surface area contributed by atoms with Crippen LogP contribution in [0, 0.1) is 12.8 Å². The number of carbonyl (C=O) groups is 1. The van der Waals surface area contributed by atoms with E-state index >= 15 is 0 Å². The van der Waals surface area contributed by atoms with Gasteiger partial charge in [0.15, 0.2) is 0 Å². The molecule has 2 saturated heterocycles. The van der Waals surface area contributed by atoms with E-state index in [0.29, 0.717) is 5.92 Å². The number of hydrogen-bond donors (Lipinski definition) is 0. The maximum Gasteiger partial charge on any atom is 0.257 e. The number of carbonyl (C=O) groups excluding carboxylic acids is 1. The normalized spacial score (nSPS) is 24.8. The fourth-order valence-corrected chi connectivity index (χ4v) is 4.29. The molecule has 2 aliphatic heterocycles. The van der Waals surface area contributed by atoms with Crippen molar-refractivity contribution in [1.82, 2.24) is 9.80 Å². The molecule has 0 bridgehead atoms. The predicted octanol–water partition coefficient (Wildman–Crippen LogP) is 4.22. The zero-order chi connectivity index (χ0) is 18.4. The maximum absolute atomic E-state index is 13.2. The summed E-state index contributed by atoms with van der Waals surface area (Å²) in [7, 11) is 0. The van der Waals surface area contributed by atoms with Crippen molar-refractivity contribution in [3.05, 3.63) is 23.2 Å². The standard InChI is InChI=1S/C21H34N2O2/c1-15(2)13-23-11-9-21(23)8-7-10-22(14-21)19(24)17-12-18(20(4,5)6)25-16(17)3/h12,15H,7-11,13-14H2,1-6H3/t21-/m1/s1. The largest absolute Gasteiger partial charge is 0.465 e. The lowest BCUT2D eigenvalue weighted by Gasteiger charge is -2.57. The Hall–Kier alpha value is -1.29. The molecule has 0 saturated carbocycles. The Bertz CT molecular complexity index is 641. The molecule has 0 N–H and O–H groups in total. The third-order valence-electron chi connectivity index (χ3n) is 5.83. The number of amides is 1. The Morgan fingerprint density at radius 3 is 2.52 bits per heavy atom. The minimum Gasteiger partial charge on any atom is -0.465 e. The molecular weight excluding hydrogens is 312 g/mol. The zero-order valence-corrected chi connectivity index (χ0v) is 16.8. The minimum absolute atomic E-state index is 0.0750. The van der Waals surface area contributed by atoms with Gasteiger partial charge in [-0.05, 0) is 38.2 Å². The van der Waals surface area contributed by atoms with Gasteiger partial charge in [0.25, 0.3) is 5.91 Å². The van der Waals surface area contributed by atoms with Gasteiger partial charge >= 0.3 is 0 Å². The van der Waals surface area contributed by atoms with Crippen LogP contribution in [0.2, 0.25) is 0 Å². The van der Waals surface area contributed by atoms with Crippen LogP contribution in [-0.2, 0) is 5.41 Å². The highest BCUT2D eigenvalue weighted by Crippen LogP contribution is 2.39. The van der Waals surface area contributed by atoms with E-state index in [2.05, 4.69) is 44.4 Å². The molecule has 1 aromatic heterocycles. The van der Waals surface area contributed by atoms with E-state index in [4.69, 9.17) is 4.42 Å². The van der Waals surface area contributed by atoms with Crippen molar-refractivity contribution in [2.45, 2.75) is 71.8 Å². The van der Waals surface area contributed by atoms with Crippen molar-refractivity contribution in [3.63, 3.8) is 0 Å². The van der Waals surface area contributed by atoms with E-state index in [0.717, 1.165) is 43.1 Å². The number of rotatable bonds is 3. The average molecular weight is 347 g/mol. The van der Waals surface area contributed by atoms with Gasteiger partial charge in [-0.1, -0.05) is 34.6 Å². The van der Waals surface area contributed by atoms with Crippen molar-refractivity contribution in [1.29, 1.82) is 0 Å². The van der Waals surface area contributed by atoms with Crippen molar-refractivity contribution >= 4 is 5.91 Å². The highest BCUT2D eigenvalue weighted by Gasteiger charge is 2.48. The van der Waals surface area contributed by atoms with E-state index in [9.17, 15) is 4.79 Å². The molecule has 0 radical (unpaired) electrons. The molecule has 1 amide bonds. The second kappa shape index (κ2) is 6.46. The first kappa shape index (κ1) is 18.5. The monoisotopic (exact) mass is 346 g/mol. The molecule has 0 unspecified atom stereocenters. The molecular formula is C21H34N2O2. The fraction of sp³-hybridized carbons (Fsp3) is 0.762. The van der Waals surface area contributed by atoms with Gasteiger partial charge in [-0.25, -0.2) is 0 Å². The third-order valence-corrected chi connectivity index (χ3v) is 5.83. The first-order chi connectivity index (χ1) is 11.6.